The van der Waals surface area contributed by atoms with Gasteiger partial charge in [0.1, 0.15) is 0 Å². The topological polar surface area (TPSA) is 27.1 Å². The van der Waals surface area contributed by atoms with Crippen LogP contribution in [0.3, 0.4) is 0 Å². The maximum absolute atomic E-state index is 7.82. The molecule has 2 nitrogen and oxygen atoms in total. The van der Waals surface area contributed by atoms with E-state index in [1.54, 1.807) is 11.3 Å². The first-order valence-corrected chi connectivity index (χ1v) is 6.43. The average molecular weight is 273 g/mol. The van der Waals surface area contributed by atoms with Crippen LogP contribution in [0.4, 0.5) is 0 Å². The number of likely N-dealkylation sites (tertiary alicyclic amines) is 1. The molecular formula is C10H13BrN2S. The van der Waals surface area contributed by atoms with Gasteiger partial charge < -0.3 is 4.90 Å². The molecule has 0 radical (unpaired) electrons. The van der Waals surface area contributed by atoms with Crippen LogP contribution >= 0.6 is 27.3 Å². The number of nitrogens with zero attached hydrogens (tertiary/aromatic N) is 1. The predicted octanol–water partition coefficient (Wildman–Crippen LogP) is 3.47. The van der Waals surface area contributed by atoms with Crippen molar-refractivity contribution in [3.63, 3.8) is 0 Å². The molecular weight excluding hydrogens is 260 g/mol. The number of nitrogens with one attached hydrogen (secondary N) is 1. The minimum atomic E-state index is 0.806. The first-order chi connectivity index (χ1) is 6.75. The van der Waals surface area contributed by atoms with Crippen molar-refractivity contribution in [3.05, 3.63) is 20.8 Å². The van der Waals surface area contributed by atoms with E-state index in [-0.39, 0.29) is 0 Å². The van der Waals surface area contributed by atoms with Gasteiger partial charge in [-0.25, -0.2) is 0 Å². The monoisotopic (exact) mass is 272 g/mol. The van der Waals surface area contributed by atoms with Crippen molar-refractivity contribution in [3.8, 4) is 0 Å². The number of thiophene rings is 1. The third kappa shape index (κ3) is 2.36. The highest BCUT2D eigenvalue weighted by Gasteiger charge is 2.15. The van der Waals surface area contributed by atoms with Gasteiger partial charge >= 0.3 is 0 Å². The Kier molecular flexibility index (Phi) is 3.23. The summed E-state index contributed by atoms with van der Waals surface area (Å²) in [6, 6.07) is 4.21. The predicted molar refractivity (Wildman–Crippen MR) is 64.0 cm³/mol. The number of hydrogen-bond acceptors (Lipinski definition) is 2. The highest BCUT2D eigenvalue weighted by atomic mass is 79.9. The lowest BCUT2D eigenvalue weighted by atomic mass is 10.1. The third-order valence-corrected chi connectivity index (χ3v) is 4.06. The van der Waals surface area contributed by atoms with Gasteiger partial charge in [0.05, 0.1) is 16.2 Å². The summed E-state index contributed by atoms with van der Waals surface area (Å²) in [5.41, 5.74) is 0. The molecule has 1 aromatic rings. The van der Waals surface area contributed by atoms with Crippen molar-refractivity contribution in [1.82, 2.24) is 4.90 Å². The van der Waals surface area contributed by atoms with Gasteiger partial charge in [0.15, 0.2) is 0 Å². The second-order valence-corrected chi connectivity index (χ2v) is 6.08. The molecule has 1 fully saturated rings. The summed E-state index contributed by atoms with van der Waals surface area (Å²) in [5.74, 6) is 0.806. The van der Waals surface area contributed by atoms with Crippen LogP contribution in [0.25, 0.3) is 0 Å². The standard InChI is InChI=1S/C10H13BrN2S/c11-9-5-4-8(14-9)7-13-6-2-1-3-10(13)12/h4-5,12H,1-3,6-7H2. The molecule has 0 unspecified atom stereocenters. The van der Waals surface area contributed by atoms with E-state index in [4.69, 9.17) is 5.41 Å². The van der Waals surface area contributed by atoms with E-state index in [1.165, 1.54) is 21.5 Å². The summed E-state index contributed by atoms with van der Waals surface area (Å²) < 4.78 is 1.18. The summed E-state index contributed by atoms with van der Waals surface area (Å²) in [5, 5.41) is 7.82. The fourth-order valence-electron chi connectivity index (χ4n) is 1.69. The SMILES string of the molecule is N=C1CCCCN1Cc1ccc(Br)s1. The smallest absolute Gasteiger partial charge is 0.0960 e. The Hall–Kier alpha value is -0.350. The Balaban J connectivity index is 1.99. The summed E-state index contributed by atoms with van der Waals surface area (Å²) >= 11 is 5.22. The third-order valence-electron chi connectivity index (χ3n) is 2.45. The van der Waals surface area contributed by atoms with Crippen LogP contribution in [0, 0.1) is 5.41 Å². The van der Waals surface area contributed by atoms with Gasteiger partial charge in [-0.3, -0.25) is 5.41 Å². The Morgan fingerprint density at radius 2 is 2.29 bits per heavy atom. The maximum atomic E-state index is 7.82. The molecule has 4 heteroatoms. The van der Waals surface area contributed by atoms with Crippen LogP contribution in [0.15, 0.2) is 15.9 Å². The van der Waals surface area contributed by atoms with E-state index < -0.39 is 0 Å². The van der Waals surface area contributed by atoms with Gasteiger partial charge in [0, 0.05) is 17.8 Å². The molecule has 0 atom stereocenters. The van der Waals surface area contributed by atoms with Gasteiger partial charge in [-0.15, -0.1) is 11.3 Å². The molecule has 2 rings (SSSR count). The minimum absolute atomic E-state index is 0.806. The van der Waals surface area contributed by atoms with E-state index in [0.717, 1.165) is 25.3 Å². The molecule has 0 bridgehead atoms. The molecule has 76 valence electrons. The molecule has 1 aromatic heterocycles. The van der Waals surface area contributed by atoms with Gasteiger partial charge in [0.2, 0.25) is 0 Å². The van der Waals surface area contributed by atoms with Gasteiger partial charge in [-0.1, -0.05) is 0 Å². The van der Waals surface area contributed by atoms with Crippen LogP contribution in [-0.2, 0) is 6.54 Å². The Labute approximate surface area is 96.6 Å². The van der Waals surface area contributed by atoms with E-state index in [0.29, 0.717) is 0 Å². The van der Waals surface area contributed by atoms with E-state index in [9.17, 15) is 0 Å². The Bertz CT molecular complexity index is 335. The summed E-state index contributed by atoms with van der Waals surface area (Å²) in [6.45, 7) is 1.96. The van der Waals surface area contributed by atoms with Crippen LogP contribution in [0.5, 0.6) is 0 Å². The fourth-order valence-corrected chi connectivity index (χ4v) is 3.19. The van der Waals surface area contributed by atoms with Crippen molar-refractivity contribution >= 4 is 33.1 Å². The van der Waals surface area contributed by atoms with Gasteiger partial charge in [0.25, 0.3) is 0 Å². The van der Waals surface area contributed by atoms with Gasteiger partial charge in [-0.2, -0.15) is 0 Å². The number of rotatable bonds is 2. The van der Waals surface area contributed by atoms with Crippen molar-refractivity contribution in [2.45, 2.75) is 25.8 Å². The highest BCUT2D eigenvalue weighted by Crippen LogP contribution is 2.24. The largest absolute Gasteiger partial charge is 0.355 e. The lowest BCUT2D eigenvalue weighted by molar-refractivity contribution is 0.364. The first-order valence-electron chi connectivity index (χ1n) is 4.82. The average Bonchev–Trinajstić information content (AvgIpc) is 2.56. The number of halogens is 1. The van der Waals surface area contributed by atoms with Crippen molar-refractivity contribution in [2.24, 2.45) is 0 Å². The molecule has 1 saturated heterocycles. The lowest BCUT2D eigenvalue weighted by Gasteiger charge is -2.28. The van der Waals surface area contributed by atoms with Crippen LogP contribution in [0.2, 0.25) is 0 Å². The summed E-state index contributed by atoms with van der Waals surface area (Å²) in [7, 11) is 0. The normalized spacial score (nSPS) is 17.5. The lowest BCUT2D eigenvalue weighted by Crippen LogP contribution is -2.33. The summed E-state index contributed by atoms with van der Waals surface area (Å²) in [6.07, 6.45) is 3.37. The molecule has 0 aromatic carbocycles. The second-order valence-electron chi connectivity index (χ2n) is 3.53. The number of piperidine rings is 1. The second kappa shape index (κ2) is 4.45. The molecule has 14 heavy (non-hydrogen) atoms. The summed E-state index contributed by atoms with van der Waals surface area (Å²) in [4.78, 5) is 3.52. The minimum Gasteiger partial charge on any atom is -0.355 e. The highest BCUT2D eigenvalue weighted by molar-refractivity contribution is 9.11. The van der Waals surface area contributed by atoms with E-state index >= 15 is 0 Å². The fraction of sp³-hybridized carbons (Fsp3) is 0.500. The van der Waals surface area contributed by atoms with Crippen LogP contribution in [-0.4, -0.2) is 17.3 Å². The van der Waals surface area contributed by atoms with Crippen molar-refractivity contribution in [2.75, 3.05) is 6.54 Å². The molecule has 0 aliphatic carbocycles. The molecule has 0 spiro atoms. The van der Waals surface area contributed by atoms with E-state index in [1.807, 2.05) is 0 Å². The zero-order valence-electron chi connectivity index (χ0n) is 7.92. The first kappa shape index (κ1) is 10.2. The molecule has 0 amide bonds. The number of hydrogen-bond donors (Lipinski definition) is 1. The van der Waals surface area contributed by atoms with Crippen LogP contribution < -0.4 is 0 Å². The van der Waals surface area contributed by atoms with Crippen LogP contribution in [0.1, 0.15) is 24.1 Å². The van der Waals surface area contributed by atoms with Crippen molar-refractivity contribution in [1.29, 1.82) is 5.41 Å². The molecule has 2 heterocycles. The number of amidine groups is 1. The van der Waals surface area contributed by atoms with Gasteiger partial charge in [-0.05, 0) is 40.9 Å². The zero-order valence-corrected chi connectivity index (χ0v) is 10.3. The Morgan fingerprint density at radius 1 is 1.43 bits per heavy atom. The molecule has 0 saturated carbocycles. The quantitative estimate of drug-likeness (QED) is 0.877. The van der Waals surface area contributed by atoms with E-state index in [2.05, 4.69) is 33.0 Å². The molecule has 1 N–H and O–H groups in total. The van der Waals surface area contributed by atoms with Crippen molar-refractivity contribution < 1.29 is 0 Å². The molecule has 1 aliphatic rings. The molecule has 1 aliphatic heterocycles. The maximum Gasteiger partial charge on any atom is 0.0960 e. The zero-order chi connectivity index (χ0) is 9.97. The Morgan fingerprint density at radius 3 is 2.93 bits per heavy atom.